The van der Waals surface area contributed by atoms with Crippen molar-refractivity contribution in [1.29, 1.82) is 0 Å². The average molecular weight is 402 g/mol. The van der Waals surface area contributed by atoms with Crippen molar-refractivity contribution >= 4 is 28.2 Å². The van der Waals surface area contributed by atoms with E-state index >= 15 is 0 Å². The van der Waals surface area contributed by atoms with E-state index in [4.69, 9.17) is 9.47 Å². The van der Waals surface area contributed by atoms with Crippen LogP contribution in [0, 0.1) is 0 Å². The van der Waals surface area contributed by atoms with Crippen molar-refractivity contribution in [3.63, 3.8) is 0 Å². The molecule has 0 amide bonds. The van der Waals surface area contributed by atoms with Crippen molar-refractivity contribution in [3.8, 4) is 11.5 Å². The predicted octanol–water partition coefficient (Wildman–Crippen LogP) is 4.54. The second-order valence-corrected chi connectivity index (χ2v) is 8.14. The molecule has 142 valence electrons. The van der Waals surface area contributed by atoms with Crippen LogP contribution < -0.4 is 14.8 Å². The monoisotopic (exact) mass is 401 g/mol. The van der Waals surface area contributed by atoms with Gasteiger partial charge < -0.3 is 14.8 Å². The summed E-state index contributed by atoms with van der Waals surface area (Å²) in [7, 11) is 3.29. The smallest absolute Gasteiger partial charge is 0.206 e. The van der Waals surface area contributed by atoms with Gasteiger partial charge >= 0.3 is 0 Å². The van der Waals surface area contributed by atoms with Crippen LogP contribution in [-0.2, 0) is 12.8 Å². The van der Waals surface area contributed by atoms with Crippen LogP contribution in [0.3, 0.4) is 0 Å². The zero-order chi connectivity index (χ0) is 18.9. The number of aromatic nitrogens is 2. The molecular formula is C20H23N3O2S2. The Labute approximate surface area is 168 Å². The van der Waals surface area contributed by atoms with E-state index in [1.807, 2.05) is 24.3 Å². The third-order valence-electron chi connectivity index (χ3n) is 4.00. The molecule has 0 atom stereocenters. The Hall–Kier alpha value is -2.25. The highest BCUT2D eigenvalue weighted by Crippen LogP contribution is 2.28. The summed E-state index contributed by atoms with van der Waals surface area (Å²) in [5.41, 5.74) is 2.53. The maximum atomic E-state index is 5.35. The molecule has 0 saturated carbocycles. The predicted molar refractivity (Wildman–Crippen MR) is 113 cm³/mol. The fourth-order valence-corrected chi connectivity index (χ4v) is 4.43. The number of ether oxygens (including phenoxy) is 2. The summed E-state index contributed by atoms with van der Waals surface area (Å²) < 4.78 is 11.6. The molecule has 0 aliphatic carbocycles. The third-order valence-corrected chi connectivity index (χ3v) is 6.02. The minimum atomic E-state index is 0.746. The summed E-state index contributed by atoms with van der Waals surface area (Å²) in [5, 5.41) is 12.7. The van der Waals surface area contributed by atoms with Gasteiger partial charge in [0, 0.05) is 12.3 Å². The maximum absolute atomic E-state index is 5.35. The van der Waals surface area contributed by atoms with Crippen molar-refractivity contribution in [1.82, 2.24) is 10.2 Å². The molecule has 1 aromatic heterocycles. The number of aryl methyl sites for hydroxylation is 1. The molecular weight excluding hydrogens is 378 g/mol. The molecule has 27 heavy (non-hydrogen) atoms. The van der Waals surface area contributed by atoms with E-state index in [1.165, 1.54) is 11.1 Å². The molecule has 2 aromatic carbocycles. The molecule has 1 heterocycles. The highest BCUT2D eigenvalue weighted by atomic mass is 32.2. The van der Waals surface area contributed by atoms with Crippen molar-refractivity contribution in [2.75, 3.05) is 31.8 Å². The van der Waals surface area contributed by atoms with Crippen molar-refractivity contribution in [2.24, 2.45) is 0 Å². The second kappa shape index (κ2) is 10.2. The fourth-order valence-electron chi connectivity index (χ4n) is 2.59. The molecule has 0 radical (unpaired) electrons. The van der Waals surface area contributed by atoms with Gasteiger partial charge in [0.15, 0.2) is 15.8 Å². The van der Waals surface area contributed by atoms with E-state index in [-0.39, 0.29) is 0 Å². The molecule has 0 unspecified atom stereocenters. The van der Waals surface area contributed by atoms with Gasteiger partial charge in [0.05, 0.1) is 14.2 Å². The Morgan fingerprint density at radius 3 is 2.52 bits per heavy atom. The SMILES string of the molecule is COc1ccc(CCNc2nnc(SCCc3ccccc3)s2)cc1OC. The molecule has 3 rings (SSSR count). The zero-order valence-electron chi connectivity index (χ0n) is 15.5. The van der Waals surface area contributed by atoms with Gasteiger partial charge in [0.1, 0.15) is 0 Å². The first-order chi connectivity index (χ1) is 13.3. The Kier molecular flexibility index (Phi) is 7.36. The van der Waals surface area contributed by atoms with Crippen molar-refractivity contribution < 1.29 is 9.47 Å². The van der Waals surface area contributed by atoms with Gasteiger partial charge in [-0.05, 0) is 36.1 Å². The molecule has 1 N–H and O–H groups in total. The number of hydrogen-bond acceptors (Lipinski definition) is 7. The van der Waals surface area contributed by atoms with Crippen molar-refractivity contribution in [2.45, 2.75) is 17.2 Å². The first kappa shape index (κ1) is 19.5. The summed E-state index contributed by atoms with van der Waals surface area (Å²) >= 11 is 3.35. The maximum Gasteiger partial charge on any atom is 0.206 e. The topological polar surface area (TPSA) is 56.3 Å². The zero-order valence-corrected chi connectivity index (χ0v) is 17.1. The Balaban J connectivity index is 1.43. The quantitative estimate of drug-likeness (QED) is 0.503. The lowest BCUT2D eigenvalue weighted by Gasteiger charge is -2.09. The number of hydrogen-bond donors (Lipinski definition) is 1. The lowest BCUT2D eigenvalue weighted by molar-refractivity contribution is 0.354. The van der Waals surface area contributed by atoms with Crippen LogP contribution in [0.5, 0.6) is 11.5 Å². The lowest BCUT2D eigenvalue weighted by Crippen LogP contribution is -2.04. The minimum absolute atomic E-state index is 0.746. The largest absolute Gasteiger partial charge is 0.493 e. The number of benzene rings is 2. The fraction of sp³-hybridized carbons (Fsp3) is 0.300. The van der Waals surface area contributed by atoms with Gasteiger partial charge in [-0.2, -0.15) is 0 Å². The molecule has 7 heteroatoms. The Bertz CT molecular complexity index is 840. The number of nitrogens with one attached hydrogen (secondary N) is 1. The Morgan fingerprint density at radius 2 is 1.74 bits per heavy atom. The molecule has 0 fully saturated rings. The summed E-state index contributed by atoms with van der Waals surface area (Å²) in [6.07, 6.45) is 1.91. The van der Waals surface area contributed by atoms with Crippen LogP contribution in [0.4, 0.5) is 5.13 Å². The summed E-state index contributed by atoms with van der Waals surface area (Å²) in [5.74, 6) is 2.50. The number of thioether (sulfide) groups is 1. The first-order valence-corrected chi connectivity index (χ1v) is 10.5. The van der Waals surface area contributed by atoms with Crippen LogP contribution in [0.25, 0.3) is 0 Å². The summed E-state index contributed by atoms with van der Waals surface area (Å²) in [6.45, 7) is 0.790. The average Bonchev–Trinajstić information content (AvgIpc) is 3.16. The number of nitrogens with zero attached hydrogens (tertiary/aromatic N) is 2. The van der Waals surface area contributed by atoms with E-state index in [1.54, 1.807) is 37.3 Å². The van der Waals surface area contributed by atoms with Crippen LogP contribution in [0.15, 0.2) is 52.9 Å². The lowest BCUT2D eigenvalue weighted by atomic mass is 10.1. The number of anilines is 1. The normalized spacial score (nSPS) is 10.6. The van der Waals surface area contributed by atoms with Crippen LogP contribution in [0.1, 0.15) is 11.1 Å². The van der Waals surface area contributed by atoms with Crippen LogP contribution in [0.2, 0.25) is 0 Å². The number of rotatable bonds is 10. The molecule has 0 aliphatic heterocycles. The summed E-state index contributed by atoms with van der Waals surface area (Å²) in [4.78, 5) is 0. The van der Waals surface area contributed by atoms with Gasteiger partial charge in [0.25, 0.3) is 0 Å². The first-order valence-electron chi connectivity index (χ1n) is 8.73. The molecule has 3 aromatic rings. The van der Waals surface area contributed by atoms with E-state index in [2.05, 4.69) is 39.8 Å². The molecule has 0 spiro atoms. The van der Waals surface area contributed by atoms with Gasteiger partial charge in [-0.25, -0.2) is 0 Å². The second-order valence-electron chi connectivity index (χ2n) is 5.82. The third kappa shape index (κ3) is 5.87. The van der Waals surface area contributed by atoms with Crippen LogP contribution in [-0.4, -0.2) is 36.7 Å². The summed E-state index contributed by atoms with van der Waals surface area (Å²) in [6, 6.07) is 16.5. The molecule has 0 saturated heterocycles. The van der Waals surface area contributed by atoms with E-state index in [0.29, 0.717) is 0 Å². The molecule has 5 nitrogen and oxygen atoms in total. The van der Waals surface area contributed by atoms with Gasteiger partial charge in [-0.3, -0.25) is 0 Å². The molecule has 0 aliphatic rings. The minimum Gasteiger partial charge on any atom is -0.493 e. The standard InChI is InChI=1S/C20H23N3O2S2/c1-24-17-9-8-16(14-18(17)25-2)10-12-21-19-22-23-20(27-19)26-13-11-15-6-4-3-5-7-15/h3-9,14H,10-13H2,1-2H3,(H,21,22). The Morgan fingerprint density at radius 1 is 0.926 bits per heavy atom. The van der Waals surface area contributed by atoms with E-state index in [9.17, 15) is 0 Å². The highest BCUT2D eigenvalue weighted by molar-refractivity contribution is 8.01. The van der Waals surface area contributed by atoms with Gasteiger partial charge in [-0.15, -0.1) is 10.2 Å². The van der Waals surface area contributed by atoms with Crippen molar-refractivity contribution in [3.05, 3.63) is 59.7 Å². The van der Waals surface area contributed by atoms with E-state index < -0.39 is 0 Å². The molecule has 0 bridgehead atoms. The van der Waals surface area contributed by atoms with Gasteiger partial charge in [0.2, 0.25) is 5.13 Å². The van der Waals surface area contributed by atoms with Gasteiger partial charge in [-0.1, -0.05) is 59.5 Å². The van der Waals surface area contributed by atoms with E-state index in [0.717, 1.165) is 46.1 Å². The number of methoxy groups -OCH3 is 2. The van der Waals surface area contributed by atoms with Crippen LogP contribution >= 0.6 is 23.1 Å². The highest BCUT2D eigenvalue weighted by Gasteiger charge is 2.07.